The van der Waals surface area contributed by atoms with E-state index in [0.717, 1.165) is 6.07 Å². The van der Waals surface area contributed by atoms with E-state index in [1.54, 1.807) is 19.0 Å². The van der Waals surface area contributed by atoms with Crippen LogP contribution in [0.4, 0.5) is 11.4 Å². The fourth-order valence-electron chi connectivity index (χ4n) is 2.10. The molecule has 24 heavy (non-hydrogen) atoms. The number of nitrogens with zero attached hydrogens (tertiary/aromatic N) is 3. The number of nitro groups is 1. The second-order valence-corrected chi connectivity index (χ2v) is 9.06. The van der Waals surface area contributed by atoms with Crippen molar-refractivity contribution in [2.24, 2.45) is 0 Å². The van der Waals surface area contributed by atoms with Gasteiger partial charge in [0.25, 0.3) is 5.69 Å². The summed E-state index contributed by atoms with van der Waals surface area (Å²) >= 11 is 6.72. The van der Waals surface area contributed by atoms with Crippen molar-refractivity contribution < 1.29 is 13.3 Å². The van der Waals surface area contributed by atoms with E-state index in [0.29, 0.717) is 36.0 Å². The highest BCUT2D eigenvalue weighted by Crippen LogP contribution is 2.30. The zero-order valence-corrected chi connectivity index (χ0v) is 17.6. The number of non-ortho nitro benzene ring substituents is 1. The average molecular weight is 487 g/mol. The predicted octanol–water partition coefficient (Wildman–Crippen LogP) is 2.53. The molecule has 0 N–H and O–H groups in total. The number of anilines is 1. The van der Waals surface area contributed by atoms with Gasteiger partial charge in [-0.25, -0.2) is 8.42 Å². The molecule has 0 amide bonds. The first-order chi connectivity index (χ1) is 11.2. The van der Waals surface area contributed by atoms with Crippen LogP contribution < -0.4 is 4.90 Å². The molecule has 1 rings (SSSR count). The molecule has 0 saturated heterocycles. The third kappa shape index (κ3) is 5.98. The Labute approximate surface area is 159 Å². The lowest BCUT2D eigenvalue weighted by molar-refractivity contribution is -0.385. The Morgan fingerprint density at radius 3 is 2.17 bits per heavy atom. The van der Waals surface area contributed by atoms with E-state index in [4.69, 9.17) is 0 Å². The Bertz CT molecular complexity index is 662. The van der Waals surface area contributed by atoms with Crippen LogP contribution in [-0.2, 0) is 9.84 Å². The molecule has 0 aliphatic rings. The Kier molecular flexibility index (Phi) is 8.61. The van der Waals surface area contributed by atoms with Crippen molar-refractivity contribution in [1.29, 1.82) is 0 Å². The van der Waals surface area contributed by atoms with Crippen LogP contribution in [0.25, 0.3) is 0 Å². The minimum atomic E-state index is -3.64. The summed E-state index contributed by atoms with van der Waals surface area (Å²) in [4.78, 5) is 14.2. The zero-order chi connectivity index (χ0) is 18.3. The first-order valence-corrected chi connectivity index (χ1v) is 11.1. The van der Waals surface area contributed by atoms with Gasteiger partial charge in [-0.05, 0) is 20.2 Å². The summed E-state index contributed by atoms with van der Waals surface area (Å²) in [5, 5.41) is 12.4. The lowest BCUT2D eigenvalue weighted by Gasteiger charge is -2.25. The molecule has 0 radical (unpaired) electrons. The number of alkyl halides is 2. The van der Waals surface area contributed by atoms with Gasteiger partial charge in [0.05, 0.1) is 21.3 Å². The Morgan fingerprint density at radius 2 is 1.71 bits per heavy atom. The van der Waals surface area contributed by atoms with Crippen molar-refractivity contribution in [2.45, 2.75) is 4.90 Å². The van der Waals surface area contributed by atoms with Gasteiger partial charge in [0.15, 0.2) is 9.84 Å². The number of benzene rings is 1. The molecule has 0 bridgehead atoms. The Hall–Kier alpha value is -0.710. The van der Waals surface area contributed by atoms with Gasteiger partial charge in [-0.2, -0.15) is 0 Å². The van der Waals surface area contributed by atoms with E-state index in [1.807, 2.05) is 4.90 Å². The summed E-state index contributed by atoms with van der Waals surface area (Å²) in [5.74, 6) is -0.0926. The van der Waals surface area contributed by atoms with Crippen molar-refractivity contribution >= 4 is 53.1 Å². The van der Waals surface area contributed by atoms with Gasteiger partial charge in [-0.1, -0.05) is 31.9 Å². The van der Waals surface area contributed by atoms with Crippen molar-refractivity contribution in [2.75, 3.05) is 55.0 Å². The number of hydrogen-bond acceptors (Lipinski definition) is 6. The average Bonchev–Trinajstić information content (AvgIpc) is 2.52. The second-order valence-electron chi connectivity index (χ2n) is 5.40. The molecule has 0 unspecified atom stereocenters. The van der Waals surface area contributed by atoms with Gasteiger partial charge in [0, 0.05) is 42.4 Å². The molecule has 0 aliphatic carbocycles. The summed E-state index contributed by atoms with van der Waals surface area (Å²) in [7, 11) is -0.0749. The quantitative estimate of drug-likeness (QED) is 0.287. The molecule has 0 atom stereocenters. The largest absolute Gasteiger partial charge is 0.369 e. The van der Waals surface area contributed by atoms with E-state index in [9.17, 15) is 18.5 Å². The van der Waals surface area contributed by atoms with E-state index in [-0.39, 0.29) is 16.3 Å². The van der Waals surface area contributed by atoms with Crippen LogP contribution in [0, 0.1) is 10.1 Å². The molecule has 7 nitrogen and oxygen atoms in total. The molecular formula is C14H21Br2N3O4S. The van der Waals surface area contributed by atoms with Gasteiger partial charge < -0.3 is 9.80 Å². The van der Waals surface area contributed by atoms with Crippen LogP contribution >= 0.6 is 31.9 Å². The maximum Gasteiger partial charge on any atom is 0.270 e. The molecular weight excluding hydrogens is 466 g/mol. The van der Waals surface area contributed by atoms with Crippen molar-refractivity contribution in [3.63, 3.8) is 0 Å². The summed E-state index contributed by atoms with van der Waals surface area (Å²) in [6, 6.07) is 4.03. The molecule has 0 fully saturated rings. The zero-order valence-electron chi connectivity index (χ0n) is 13.6. The summed E-state index contributed by atoms with van der Waals surface area (Å²) in [6.07, 6.45) is 0. The van der Waals surface area contributed by atoms with Crippen LogP contribution in [0.5, 0.6) is 0 Å². The van der Waals surface area contributed by atoms with Crippen LogP contribution in [0.3, 0.4) is 0 Å². The maximum atomic E-state index is 12.7. The Balaban J connectivity index is 3.40. The van der Waals surface area contributed by atoms with Gasteiger partial charge in [-0.3, -0.25) is 10.1 Å². The molecule has 1 aromatic carbocycles. The summed E-state index contributed by atoms with van der Waals surface area (Å²) < 4.78 is 25.5. The molecule has 0 saturated carbocycles. The highest BCUT2D eigenvalue weighted by Gasteiger charge is 2.25. The SMILES string of the molecule is CN(C)CCS(=O)(=O)c1cc([N+](=O)[O-])ccc1N(CCBr)CCBr. The lowest BCUT2D eigenvalue weighted by Crippen LogP contribution is -2.30. The number of rotatable bonds is 10. The summed E-state index contributed by atoms with van der Waals surface area (Å²) in [6.45, 7) is 1.54. The topological polar surface area (TPSA) is 83.8 Å². The predicted molar refractivity (Wildman–Crippen MR) is 104 cm³/mol. The fourth-order valence-corrected chi connectivity index (χ4v) is 4.59. The van der Waals surface area contributed by atoms with Crippen molar-refractivity contribution in [3.8, 4) is 0 Å². The van der Waals surface area contributed by atoms with E-state index in [2.05, 4.69) is 31.9 Å². The smallest absolute Gasteiger partial charge is 0.270 e. The first kappa shape index (κ1) is 21.3. The molecule has 0 aromatic heterocycles. The maximum absolute atomic E-state index is 12.7. The van der Waals surface area contributed by atoms with E-state index < -0.39 is 14.8 Å². The number of halogens is 2. The Morgan fingerprint density at radius 1 is 1.12 bits per heavy atom. The molecule has 0 heterocycles. The molecule has 0 aliphatic heterocycles. The molecule has 10 heteroatoms. The lowest BCUT2D eigenvalue weighted by atomic mass is 10.2. The standard InChI is InChI=1S/C14H21Br2N3O4S/c1-17(2)9-10-24(22,23)14-11-12(19(20)21)3-4-13(14)18(7-5-15)8-6-16/h3-4,11H,5-10H2,1-2H3. The van der Waals surface area contributed by atoms with E-state index >= 15 is 0 Å². The van der Waals surface area contributed by atoms with Crippen LogP contribution in [0.15, 0.2) is 23.1 Å². The van der Waals surface area contributed by atoms with Crippen LogP contribution in [0.2, 0.25) is 0 Å². The molecule has 136 valence electrons. The van der Waals surface area contributed by atoms with Gasteiger partial charge in [0.2, 0.25) is 0 Å². The monoisotopic (exact) mass is 485 g/mol. The normalized spacial score (nSPS) is 11.7. The highest BCUT2D eigenvalue weighted by molar-refractivity contribution is 9.09. The van der Waals surface area contributed by atoms with Crippen LogP contribution in [-0.4, -0.2) is 68.4 Å². The fraction of sp³-hybridized carbons (Fsp3) is 0.571. The van der Waals surface area contributed by atoms with Crippen molar-refractivity contribution in [3.05, 3.63) is 28.3 Å². The van der Waals surface area contributed by atoms with Crippen LogP contribution in [0.1, 0.15) is 0 Å². The van der Waals surface area contributed by atoms with Gasteiger partial charge in [0.1, 0.15) is 0 Å². The first-order valence-electron chi connectivity index (χ1n) is 7.25. The number of sulfone groups is 1. The second kappa shape index (κ2) is 9.69. The highest BCUT2D eigenvalue weighted by atomic mass is 79.9. The minimum absolute atomic E-state index is 0.0143. The van der Waals surface area contributed by atoms with Gasteiger partial charge >= 0.3 is 0 Å². The van der Waals surface area contributed by atoms with Gasteiger partial charge in [-0.15, -0.1) is 0 Å². The third-order valence-electron chi connectivity index (χ3n) is 3.35. The van der Waals surface area contributed by atoms with Crippen molar-refractivity contribution in [1.82, 2.24) is 4.90 Å². The van der Waals surface area contributed by atoms with E-state index in [1.165, 1.54) is 12.1 Å². The number of nitro benzene ring substituents is 1. The number of hydrogen-bond donors (Lipinski definition) is 0. The summed E-state index contributed by atoms with van der Waals surface area (Å²) in [5.41, 5.74) is 0.276. The minimum Gasteiger partial charge on any atom is -0.369 e. The third-order valence-corrected chi connectivity index (χ3v) is 5.77. The molecule has 1 aromatic rings. The molecule has 0 spiro atoms.